The molecule has 4 aromatic carbocycles. The molecule has 3 fully saturated rings. The molecule has 1 saturated carbocycles. The van der Waals surface area contributed by atoms with E-state index >= 15 is 9.59 Å². The molecule has 4 amide bonds. The van der Waals surface area contributed by atoms with Gasteiger partial charge in [0.15, 0.2) is 0 Å². The van der Waals surface area contributed by atoms with Crippen LogP contribution >= 0.6 is 22.9 Å². The van der Waals surface area contributed by atoms with E-state index in [1.165, 1.54) is 33.1 Å². The number of allylic oxidation sites excluding steroid dienone is 2. The fourth-order valence-electron chi connectivity index (χ4n) is 10.5. The van der Waals surface area contributed by atoms with Crippen LogP contribution in [-0.2, 0) is 32.8 Å². The highest BCUT2D eigenvalue weighted by molar-refractivity contribution is 7.22. The first-order valence-electron chi connectivity index (χ1n) is 20.4. The largest absolute Gasteiger partial charge is 0.508 e. The third-order valence-corrected chi connectivity index (χ3v) is 15.1. The number of carboxylic acid groups (broad SMARTS) is 1. The molecular weight excluding hydrogens is 844 g/mol. The number of benzene rings is 4. The van der Waals surface area contributed by atoms with Crippen LogP contribution < -0.4 is 14.5 Å². The monoisotopic (exact) mass is 882 g/mol. The number of phenols is 2. The lowest BCUT2D eigenvalue weighted by Crippen LogP contribution is -2.49. The Kier molecular flexibility index (Phi) is 9.39. The molecule has 0 spiro atoms. The van der Waals surface area contributed by atoms with Gasteiger partial charge in [-0.15, -0.1) is 11.3 Å². The molecule has 0 radical (unpaired) electrons. The van der Waals surface area contributed by atoms with Gasteiger partial charge in [-0.05, 0) is 85.5 Å². The van der Waals surface area contributed by atoms with Crippen molar-refractivity contribution in [3.63, 3.8) is 0 Å². The van der Waals surface area contributed by atoms with Gasteiger partial charge in [0.1, 0.15) is 40.9 Å². The number of imide groups is 2. The number of aryl methyl sites for hydroxylation is 2. The van der Waals surface area contributed by atoms with Gasteiger partial charge in [0.2, 0.25) is 23.6 Å². The Labute approximate surface area is 369 Å². The number of anilines is 2. The SMILES string of the molecule is Cc1c(-c2cc(N3C(=O)[C@@H]4C[C@@H]5C(=CC[C@@H]6C(=O)N(c7ccc(C(=O)O)c(O)c7)C(=O)[C@@H]65)[C@H](c5ccc(OCc6ccccc6)cc5O)[C@]4(C)C3=O)n(C)n2)sc2ccc(Cl)cc12. The topological polar surface area (TPSA) is 180 Å². The zero-order chi connectivity index (χ0) is 44.2. The average Bonchev–Trinajstić information content (AvgIpc) is 3.93. The summed E-state index contributed by atoms with van der Waals surface area (Å²) in [5.74, 6) is -7.97. The molecule has 13 nitrogen and oxygen atoms in total. The van der Waals surface area contributed by atoms with E-state index in [0.29, 0.717) is 27.6 Å². The van der Waals surface area contributed by atoms with E-state index in [0.717, 1.165) is 43.1 Å². The summed E-state index contributed by atoms with van der Waals surface area (Å²) in [6, 6.07) is 25.3. The van der Waals surface area contributed by atoms with E-state index in [-0.39, 0.29) is 42.3 Å². The molecular formula is C48H39ClN4O9S. The first-order chi connectivity index (χ1) is 30.2. The van der Waals surface area contributed by atoms with Crippen LogP contribution in [-0.4, -0.2) is 54.7 Å². The molecule has 0 bridgehead atoms. The molecule has 6 aromatic rings. The van der Waals surface area contributed by atoms with E-state index in [9.17, 15) is 29.7 Å². The minimum absolute atomic E-state index is 0.0201. The zero-order valence-electron chi connectivity index (χ0n) is 34.1. The second kappa shape index (κ2) is 14.7. The predicted octanol–water partition coefficient (Wildman–Crippen LogP) is 8.39. The van der Waals surface area contributed by atoms with Crippen molar-refractivity contribution < 1.29 is 44.0 Å². The van der Waals surface area contributed by atoms with Crippen LogP contribution in [0.25, 0.3) is 20.7 Å². The van der Waals surface area contributed by atoms with Gasteiger partial charge in [0, 0.05) is 46.5 Å². The van der Waals surface area contributed by atoms with Crippen molar-refractivity contribution >= 4 is 74.1 Å². The summed E-state index contributed by atoms with van der Waals surface area (Å²) in [6.45, 7) is 3.96. The molecule has 2 saturated heterocycles. The Morgan fingerprint density at radius 3 is 2.41 bits per heavy atom. The van der Waals surface area contributed by atoms with Crippen LogP contribution in [0.1, 0.15) is 52.7 Å². The quantitative estimate of drug-likeness (QED) is 0.0993. The summed E-state index contributed by atoms with van der Waals surface area (Å²) < 4.78 is 8.56. The molecule has 15 heteroatoms. The number of carboxylic acids is 1. The maximum atomic E-state index is 15.3. The Morgan fingerprint density at radius 1 is 0.905 bits per heavy atom. The Hall–Kier alpha value is -6.77. The number of rotatable bonds is 8. The van der Waals surface area contributed by atoms with Crippen molar-refractivity contribution in [1.29, 1.82) is 0 Å². The number of nitrogens with zero attached hydrogens (tertiary/aromatic N) is 4. The first kappa shape index (κ1) is 40.3. The van der Waals surface area contributed by atoms with Crippen LogP contribution in [0.5, 0.6) is 17.2 Å². The van der Waals surface area contributed by atoms with Crippen molar-refractivity contribution in [3.05, 3.63) is 130 Å². The number of aromatic nitrogens is 2. The van der Waals surface area contributed by atoms with E-state index in [4.69, 9.17) is 21.4 Å². The van der Waals surface area contributed by atoms with Crippen LogP contribution in [0.15, 0.2) is 103 Å². The number of thiophene rings is 1. The molecule has 10 rings (SSSR count). The number of aromatic hydroxyl groups is 2. The van der Waals surface area contributed by atoms with Gasteiger partial charge in [0.25, 0.3) is 0 Å². The first-order valence-corrected chi connectivity index (χ1v) is 21.6. The number of carbonyl (C=O) groups excluding carboxylic acids is 4. The second-order valence-corrected chi connectivity index (χ2v) is 18.4. The molecule has 0 unspecified atom stereocenters. The normalized spacial score (nSPS) is 24.1. The van der Waals surface area contributed by atoms with Gasteiger partial charge in [0.05, 0.1) is 33.7 Å². The fraction of sp³-hybridized carbons (Fsp3) is 0.250. The molecule has 6 atom stereocenters. The van der Waals surface area contributed by atoms with Crippen molar-refractivity contribution in [3.8, 4) is 27.8 Å². The number of aromatic carboxylic acids is 1. The lowest BCUT2D eigenvalue weighted by molar-refractivity contribution is -0.131. The van der Waals surface area contributed by atoms with E-state index in [1.807, 2.05) is 61.5 Å². The van der Waals surface area contributed by atoms with Crippen molar-refractivity contribution in [2.75, 3.05) is 9.80 Å². The highest BCUT2D eigenvalue weighted by atomic mass is 35.5. The van der Waals surface area contributed by atoms with Gasteiger partial charge >= 0.3 is 5.97 Å². The fourth-order valence-corrected chi connectivity index (χ4v) is 11.8. The van der Waals surface area contributed by atoms with E-state index in [1.54, 1.807) is 32.2 Å². The summed E-state index contributed by atoms with van der Waals surface area (Å²) in [7, 11) is 1.67. The Morgan fingerprint density at radius 2 is 1.68 bits per heavy atom. The molecule has 4 heterocycles. The second-order valence-electron chi connectivity index (χ2n) is 16.9. The smallest absolute Gasteiger partial charge is 0.339 e. The number of hydrogen-bond donors (Lipinski definition) is 3. The number of amides is 4. The van der Waals surface area contributed by atoms with Gasteiger partial charge in [-0.1, -0.05) is 59.6 Å². The number of ether oxygens (including phenoxy) is 1. The number of fused-ring (bicyclic) bond motifs is 5. The highest BCUT2D eigenvalue weighted by Crippen LogP contribution is 2.65. The maximum Gasteiger partial charge on any atom is 0.339 e. The lowest BCUT2D eigenvalue weighted by atomic mass is 9.51. The van der Waals surface area contributed by atoms with Crippen LogP contribution in [0.3, 0.4) is 0 Å². The molecule has 4 aliphatic rings. The lowest BCUT2D eigenvalue weighted by Gasteiger charge is -2.49. The summed E-state index contributed by atoms with van der Waals surface area (Å²) in [6.07, 6.45) is 2.05. The molecule has 3 N–H and O–H groups in total. The van der Waals surface area contributed by atoms with Crippen LogP contribution in [0.2, 0.25) is 5.02 Å². The minimum atomic E-state index is -1.46. The predicted molar refractivity (Wildman–Crippen MR) is 235 cm³/mol. The molecule has 63 heavy (non-hydrogen) atoms. The maximum absolute atomic E-state index is 15.3. The Balaban J connectivity index is 1.06. The van der Waals surface area contributed by atoms with Crippen molar-refractivity contribution in [1.82, 2.24) is 9.78 Å². The highest BCUT2D eigenvalue weighted by Gasteiger charge is 2.68. The van der Waals surface area contributed by atoms with E-state index < -0.39 is 70.4 Å². The van der Waals surface area contributed by atoms with Gasteiger partial charge < -0.3 is 20.1 Å². The number of hydrogen-bond acceptors (Lipinski definition) is 10. The third kappa shape index (κ3) is 6.10. The number of halogens is 1. The molecule has 318 valence electrons. The van der Waals surface area contributed by atoms with Crippen LogP contribution in [0.4, 0.5) is 11.5 Å². The third-order valence-electron chi connectivity index (χ3n) is 13.5. The minimum Gasteiger partial charge on any atom is -0.508 e. The van der Waals surface area contributed by atoms with E-state index in [2.05, 4.69) is 0 Å². The standard InChI is InChI=1S/C48H39ClN4O9S/c1-23-32-17-25(49)9-16-38(32)63-42(23)35-21-39(51(3)50-35)53-44(57)34-20-33-28(14-15-31-40(33)45(58)52(43(31)56)26-10-12-30(46(59)60)36(54)18-26)41(48(34,2)47(53)61)29-13-11-27(19-37(29)55)62-22-24-7-5-4-6-8-24/h4-14,16-19,21,31,33-34,40-41,54-55H,15,20,22H2,1-3H3,(H,59,60)/t31-,33+,34-,40-,41+,48+/m0/s1. The molecule has 2 aliphatic carbocycles. The van der Waals surface area contributed by atoms with Gasteiger partial charge in [-0.2, -0.15) is 5.10 Å². The Bertz CT molecular complexity index is 3010. The number of phenolic OH excluding ortho intramolecular Hbond substituents is 1. The molecule has 2 aliphatic heterocycles. The van der Waals surface area contributed by atoms with Gasteiger partial charge in [-0.3, -0.25) is 23.9 Å². The summed E-state index contributed by atoms with van der Waals surface area (Å²) in [4.78, 5) is 73.8. The zero-order valence-corrected chi connectivity index (χ0v) is 35.7. The number of carbonyl (C=O) groups is 5. The average molecular weight is 883 g/mol. The van der Waals surface area contributed by atoms with Crippen molar-refractivity contribution in [2.24, 2.45) is 36.1 Å². The summed E-state index contributed by atoms with van der Waals surface area (Å²) in [5.41, 5.74) is 1.64. The van der Waals surface area contributed by atoms with Crippen LogP contribution in [0, 0.1) is 36.0 Å². The van der Waals surface area contributed by atoms with Crippen molar-refractivity contribution in [2.45, 2.75) is 39.2 Å². The summed E-state index contributed by atoms with van der Waals surface area (Å²) in [5, 5.41) is 38.3. The summed E-state index contributed by atoms with van der Waals surface area (Å²) >= 11 is 7.86. The van der Waals surface area contributed by atoms with Gasteiger partial charge in [-0.25, -0.2) is 14.6 Å². The molecule has 2 aromatic heterocycles.